The summed E-state index contributed by atoms with van der Waals surface area (Å²) in [7, 11) is 0. The van der Waals surface area contributed by atoms with Crippen LogP contribution in [0.5, 0.6) is 0 Å². The summed E-state index contributed by atoms with van der Waals surface area (Å²) in [5.74, 6) is 0. The second kappa shape index (κ2) is 8.82. The predicted molar refractivity (Wildman–Crippen MR) is 89.5 cm³/mol. The molecule has 5 heteroatoms. The molecule has 0 aliphatic carbocycles. The SMILES string of the molecule is CC(C)n1cc(CN(CCN)Cc2ccccc2)cn1.Cl. The van der Waals surface area contributed by atoms with Crippen molar-refractivity contribution in [2.75, 3.05) is 13.1 Å². The Morgan fingerprint density at radius 1 is 1.14 bits per heavy atom. The van der Waals surface area contributed by atoms with Gasteiger partial charge in [-0.25, -0.2) is 0 Å². The second-order valence-corrected chi connectivity index (χ2v) is 5.41. The minimum absolute atomic E-state index is 0. The standard InChI is InChI=1S/C16H24N4.ClH/c1-14(2)20-13-16(10-18-20)12-19(9-8-17)11-15-6-4-3-5-7-15;/h3-7,10,13-14H,8-9,11-12,17H2,1-2H3;1H. The van der Waals surface area contributed by atoms with E-state index in [1.165, 1.54) is 11.1 Å². The number of halogens is 1. The lowest BCUT2D eigenvalue weighted by atomic mass is 10.2. The highest BCUT2D eigenvalue weighted by molar-refractivity contribution is 5.85. The Morgan fingerprint density at radius 3 is 2.38 bits per heavy atom. The van der Waals surface area contributed by atoms with Crippen LogP contribution in [0.4, 0.5) is 0 Å². The molecule has 0 radical (unpaired) electrons. The van der Waals surface area contributed by atoms with Crippen LogP contribution in [0, 0.1) is 0 Å². The molecule has 2 aromatic rings. The van der Waals surface area contributed by atoms with Gasteiger partial charge in [0.1, 0.15) is 0 Å². The summed E-state index contributed by atoms with van der Waals surface area (Å²) in [5, 5.41) is 4.39. The maximum absolute atomic E-state index is 5.73. The average Bonchev–Trinajstić information content (AvgIpc) is 2.89. The van der Waals surface area contributed by atoms with Crippen molar-refractivity contribution in [1.29, 1.82) is 0 Å². The number of nitrogens with zero attached hydrogens (tertiary/aromatic N) is 3. The number of benzene rings is 1. The zero-order valence-electron chi connectivity index (χ0n) is 12.8. The summed E-state index contributed by atoms with van der Waals surface area (Å²) in [6, 6.07) is 10.9. The largest absolute Gasteiger partial charge is 0.329 e. The monoisotopic (exact) mass is 308 g/mol. The molecular weight excluding hydrogens is 284 g/mol. The summed E-state index contributed by atoms with van der Waals surface area (Å²) < 4.78 is 2.00. The average molecular weight is 309 g/mol. The van der Waals surface area contributed by atoms with Crippen LogP contribution in [0.25, 0.3) is 0 Å². The van der Waals surface area contributed by atoms with Gasteiger partial charge in [-0.15, -0.1) is 12.4 Å². The summed E-state index contributed by atoms with van der Waals surface area (Å²) in [6.07, 6.45) is 4.08. The number of nitrogens with two attached hydrogens (primary N) is 1. The Kier molecular flexibility index (Phi) is 7.43. The van der Waals surface area contributed by atoms with Gasteiger partial charge in [0.25, 0.3) is 0 Å². The zero-order valence-corrected chi connectivity index (χ0v) is 13.6. The van der Waals surface area contributed by atoms with Crippen molar-refractivity contribution in [3.05, 3.63) is 53.9 Å². The Labute approximate surface area is 133 Å². The van der Waals surface area contributed by atoms with E-state index in [1.807, 2.05) is 16.9 Å². The molecule has 1 aromatic heterocycles. The van der Waals surface area contributed by atoms with Crippen LogP contribution in [-0.2, 0) is 13.1 Å². The van der Waals surface area contributed by atoms with Crippen molar-refractivity contribution in [3.63, 3.8) is 0 Å². The first-order chi connectivity index (χ1) is 9.69. The van der Waals surface area contributed by atoms with Crippen LogP contribution in [0.2, 0.25) is 0 Å². The van der Waals surface area contributed by atoms with Crippen molar-refractivity contribution in [2.45, 2.75) is 33.0 Å². The predicted octanol–water partition coefficient (Wildman–Crippen LogP) is 2.85. The maximum Gasteiger partial charge on any atom is 0.0534 e. The third-order valence-corrected chi connectivity index (χ3v) is 3.28. The van der Waals surface area contributed by atoms with Gasteiger partial charge in [-0.2, -0.15) is 5.10 Å². The van der Waals surface area contributed by atoms with Crippen molar-refractivity contribution < 1.29 is 0 Å². The molecule has 2 N–H and O–H groups in total. The molecule has 0 bridgehead atoms. The quantitative estimate of drug-likeness (QED) is 0.855. The molecule has 4 nitrogen and oxygen atoms in total. The highest BCUT2D eigenvalue weighted by Crippen LogP contribution is 2.11. The molecule has 21 heavy (non-hydrogen) atoms. The molecule has 1 heterocycles. The summed E-state index contributed by atoms with van der Waals surface area (Å²) in [6.45, 7) is 7.65. The Hall–Kier alpha value is -1.36. The molecule has 0 aliphatic rings. The first kappa shape index (κ1) is 17.7. The zero-order chi connectivity index (χ0) is 14.4. The fraction of sp³-hybridized carbons (Fsp3) is 0.438. The van der Waals surface area contributed by atoms with E-state index in [1.54, 1.807) is 0 Å². The fourth-order valence-corrected chi connectivity index (χ4v) is 2.24. The van der Waals surface area contributed by atoms with E-state index in [4.69, 9.17) is 5.73 Å². The summed E-state index contributed by atoms with van der Waals surface area (Å²) in [5.41, 5.74) is 8.28. The van der Waals surface area contributed by atoms with Gasteiger partial charge in [0.2, 0.25) is 0 Å². The lowest BCUT2D eigenvalue weighted by molar-refractivity contribution is 0.264. The number of rotatable bonds is 7. The molecule has 116 valence electrons. The van der Waals surface area contributed by atoms with E-state index < -0.39 is 0 Å². The normalized spacial score (nSPS) is 10.9. The van der Waals surface area contributed by atoms with Gasteiger partial charge in [0.15, 0.2) is 0 Å². The van der Waals surface area contributed by atoms with Gasteiger partial charge in [0.05, 0.1) is 6.20 Å². The van der Waals surface area contributed by atoms with Crippen molar-refractivity contribution in [3.8, 4) is 0 Å². The smallest absolute Gasteiger partial charge is 0.0534 e. The summed E-state index contributed by atoms with van der Waals surface area (Å²) in [4.78, 5) is 2.36. The molecule has 0 atom stereocenters. The minimum Gasteiger partial charge on any atom is -0.329 e. The lowest BCUT2D eigenvalue weighted by Gasteiger charge is -2.21. The van der Waals surface area contributed by atoms with Crippen LogP contribution < -0.4 is 5.73 Å². The van der Waals surface area contributed by atoms with Crippen molar-refractivity contribution in [1.82, 2.24) is 14.7 Å². The first-order valence-corrected chi connectivity index (χ1v) is 7.18. The molecule has 1 aromatic carbocycles. The van der Waals surface area contributed by atoms with Gasteiger partial charge in [-0.1, -0.05) is 30.3 Å². The van der Waals surface area contributed by atoms with E-state index in [2.05, 4.69) is 54.3 Å². The summed E-state index contributed by atoms with van der Waals surface area (Å²) >= 11 is 0. The van der Waals surface area contributed by atoms with E-state index in [0.29, 0.717) is 12.6 Å². The Balaban J connectivity index is 0.00000220. The van der Waals surface area contributed by atoms with Gasteiger partial charge in [-0.3, -0.25) is 9.58 Å². The Morgan fingerprint density at radius 2 is 1.81 bits per heavy atom. The van der Waals surface area contributed by atoms with E-state index in [-0.39, 0.29) is 12.4 Å². The maximum atomic E-state index is 5.73. The molecule has 0 saturated heterocycles. The fourth-order valence-electron chi connectivity index (χ4n) is 2.24. The van der Waals surface area contributed by atoms with Crippen LogP contribution in [-0.4, -0.2) is 27.8 Å². The molecule has 0 unspecified atom stereocenters. The van der Waals surface area contributed by atoms with E-state index in [0.717, 1.165) is 19.6 Å². The second-order valence-electron chi connectivity index (χ2n) is 5.41. The molecule has 0 amide bonds. The van der Waals surface area contributed by atoms with Gasteiger partial charge < -0.3 is 5.73 Å². The van der Waals surface area contributed by atoms with Crippen LogP contribution in [0.3, 0.4) is 0 Å². The third-order valence-electron chi connectivity index (χ3n) is 3.28. The van der Waals surface area contributed by atoms with Crippen molar-refractivity contribution >= 4 is 12.4 Å². The number of hydrogen-bond donors (Lipinski definition) is 1. The van der Waals surface area contributed by atoms with Gasteiger partial charge in [-0.05, 0) is 19.4 Å². The molecule has 0 saturated carbocycles. The molecule has 2 rings (SSSR count). The number of hydrogen-bond acceptors (Lipinski definition) is 3. The molecule has 0 spiro atoms. The minimum atomic E-state index is 0. The molecule has 0 fully saturated rings. The van der Waals surface area contributed by atoms with E-state index >= 15 is 0 Å². The highest BCUT2D eigenvalue weighted by atomic mass is 35.5. The van der Waals surface area contributed by atoms with Crippen LogP contribution >= 0.6 is 12.4 Å². The topological polar surface area (TPSA) is 47.1 Å². The lowest BCUT2D eigenvalue weighted by Crippen LogP contribution is -2.28. The number of aromatic nitrogens is 2. The molecular formula is C16H25ClN4. The molecule has 0 aliphatic heterocycles. The van der Waals surface area contributed by atoms with Crippen molar-refractivity contribution in [2.24, 2.45) is 5.73 Å². The van der Waals surface area contributed by atoms with E-state index in [9.17, 15) is 0 Å². The van der Waals surface area contributed by atoms with Gasteiger partial charge >= 0.3 is 0 Å². The third kappa shape index (κ3) is 5.50. The highest BCUT2D eigenvalue weighted by Gasteiger charge is 2.08. The van der Waals surface area contributed by atoms with Crippen LogP contribution in [0.1, 0.15) is 31.0 Å². The first-order valence-electron chi connectivity index (χ1n) is 7.18. The van der Waals surface area contributed by atoms with Crippen LogP contribution in [0.15, 0.2) is 42.7 Å². The Bertz CT molecular complexity index is 510. The van der Waals surface area contributed by atoms with Gasteiger partial charge in [0, 0.05) is 44.0 Å².